The second-order valence-electron chi connectivity index (χ2n) is 2.94. The summed E-state index contributed by atoms with van der Waals surface area (Å²) in [6.45, 7) is 15.4. The smallest absolute Gasteiger partial charge is 0.0998 e. The highest BCUT2D eigenvalue weighted by atomic mass is 14.1. The summed E-state index contributed by atoms with van der Waals surface area (Å²) in [5, 5.41) is 0. The minimum absolute atomic E-state index is 0.0775. The maximum atomic E-state index is 3.84. The van der Waals surface area contributed by atoms with Crippen molar-refractivity contribution in [3.05, 3.63) is 26.0 Å². The molecule has 0 aliphatic rings. The lowest BCUT2D eigenvalue weighted by atomic mass is 9.89. The lowest BCUT2D eigenvalue weighted by molar-refractivity contribution is 0.536. The maximum absolute atomic E-state index is 3.84. The first-order valence-electron chi connectivity index (χ1n) is 2.77. The first kappa shape index (κ1) is 7.48. The van der Waals surface area contributed by atoms with Gasteiger partial charge in [-0.25, -0.2) is 0 Å². The Morgan fingerprint density at radius 1 is 1.62 bits per heavy atom. The van der Waals surface area contributed by atoms with Gasteiger partial charge in [-0.05, 0) is 6.92 Å². The van der Waals surface area contributed by atoms with E-state index in [1.807, 2.05) is 13.8 Å². The van der Waals surface area contributed by atoms with Crippen molar-refractivity contribution in [2.24, 2.45) is 5.41 Å². The van der Waals surface area contributed by atoms with Gasteiger partial charge < -0.3 is 0 Å². The normalized spacial score (nSPS) is 11.2. The number of hydrogen-bond acceptors (Lipinski definition) is 0. The van der Waals surface area contributed by atoms with Crippen molar-refractivity contribution in [1.82, 2.24) is 0 Å². The third kappa shape index (κ3) is 5.48. The van der Waals surface area contributed by atoms with E-state index >= 15 is 0 Å². The molecule has 0 N–H and O–H groups in total. The SMILES string of the molecule is C=C(C)CC([CH2+])([CH2+])C. The van der Waals surface area contributed by atoms with E-state index in [0.717, 1.165) is 12.0 Å². The molecule has 0 aliphatic carbocycles. The molecule has 0 spiro atoms. The van der Waals surface area contributed by atoms with Crippen molar-refractivity contribution in [3.63, 3.8) is 0 Å². The lowest BCUT2D eigenvalue weighted by Gasteiger charge is -2.01. The van der Waals surface area contributed by atoms with Crippen LogP contribution in [0.2, 0.25) is 0 Å². The molecule has 0 aromatic heterocycles. The Labute approximate surface area is 52.6 Å². The van der Waals surface area contributed by atoms with Gasteiger partial charge in [0, 0.05) is 6.92 Å². The van der Waals surface area contributed by atoms with Crippen LogP contribution in [-0.4, -0.2) is 0 Å². The van der Waals surface area contributed by atoms with E-state index in [1.165, 1.54) is 0 Å². The van der Waals surface area contributed by atoms with Crippen LogP contribution in [0.4, 0.5) is 0 Å². The summed E-state index contributed by atoms with van der Waals surface area (Å²) < 4.78 is 0. The minimum Gasteiger partial charge on any atom is -0.0998 e. The second kappa shape index (κ2) is 2.17. The van der Waals surface area contributed by atoms with Gasteiger partial charge in [-0.15, -0.1) is 0 Å². The summed E-state index contributed by atoms with van der Waals surface area (Å²) in [6.07, 6.45) is 0.910. The molecule has 0 heterocycles. The summed E-state index contributed by atoms with van der Waals surface area (Å²) in [7, 11) is 0. The topological polar surface area (TPSA) is 0 Å². The quantitative estimate of drug-likeness (QED) is 0.378. The van der Waals surface area contributed by atoms with E-state index in [0.29, 0.717) is 0 Å². The number of rotatable bonds is 2. The molecule has 0 aromatic carbocycles. The highest BCUT2D eigenvalue weighted by Crippen LogP contribution is 2.20. The van der Waals surface area contributed by atoms with Crippen molar-refractivity contribution in [3.8, 4) is 0 Å². The fourth-order valence-corrected chi connectivity index (χ4v) is 0.729. The van der Waals surface area contributed by atoms with Crippen LogP contribution < -0.4 is 0 Å². The molecule has 44 valence electrons. The molecule has 0 saturated carbocycles. The molecule has 8 heavy (non-hydrogen) atoms. The highest BCUT2D eigenvalue weighted by molar-refractivity contribution is 4.97. The highest BCUT2D eigenvalue weighted by Gasteiger charge is 2.25. The Bertz CT molecular complexity index is 82.7. The number of hydrogen-bond donors (Lipinski definition) is 0. The van der Waals surface area contributed by atoms with Crippen LogP contribution in [0, 0.1) is 19.3 Å². The summed E-state index contributed by atoms with van der Waals surface area (Å²) in [4.78, 5) is 0. The molecule has 0 aliphatic heterocycles. The Morgan fingerprint density at radius 2 is 2.00 bits per heavy atom. The van der Waals surface area contributed by atoms with E-state index in [4.69, 9.17) is 0 Å². The molecule has 0 atom stereocenters. The molecule has 0 rings (SSSR count). The Balaban J connectivity index is 3.55. The summed E-state index contributed by atoms with van der Waals surface area (Å²) in [5.74, 6) is 0. The third-order valence-electron chi connectivity index (χ3n) is 0.729. The molecule has 0 radical (unpaired) electrons. The molecule has 0 bridgehead atoms. The Morgan fingerprint density at radius 3 is 2.00 bits per heavy atom. The van der Waals surface area contributed by atoms with Gasteiger partial charge in [0.2, 0.25) is 5.41 Å². The summed E-state index contributed by atoms with van der Waals surface area (Å²) in [6, 6.07) is 0. The fourth-order valence-electron chi connectivity index (χ4n) is 0.729. The largest absolute Gasteiger partial charge is 0.231 e. The molecular formula is C8H14+2. The Kier molecular flexibility index (Phi) is 2.02. The minimum atomic E-state index is -0.0775. The zero-order valence-electron chi connectivity index (χ0n) is 5.83. The van der Waals surface area contributed by atoms with E-state index in [-0.39, 0.29) is 5.41 Å². The van der Waals surface area contributed by atoms with Crippen LogP contribution >= 0.6 is 0 Å². The van der Waals surface area contributed by atoms with Gasteiger partial charge >= 0.3 is 0 Å². The predicted molar refractivity (Wildman–Crippen MR) is 38.3 cm³/mol. The van der Waals surface area contributed by atoms with Crippen molar-refractivity contribution < 1.29 is 0 Å². The van der Waals surface area contributed by atoms with Gasteiger partial charge in [-0.1, -0.05) is 12.2 Å². The zero-order chi connectivity index (χ0) is 6.78. The molecule has 0 unspecified atom stereocenters. The van der Waals surface area contributed by atoms with Crippen LogP contribution in [0.25, 0.3) is 0 Å². The van der Waals surface area contributed by atoms with Gasteiger partial charge in [-0.3, -0.25) is 0 Å². The van der Waals surface area contributed by atoms with E-state index in [1.54, 1.807) is 0 Å². The van der Waals surface area contributed by atoms with Gasteiger partial charge in [0.15, 0.2) is 0 Å². The van der Waals surface area contributed by atoms with Crippen LogP contribution in [0.1, 0.15) is 20.3 Å². The Hall–Kier alpha value is -0.520. The predicted octanol–water partition coefficient (Wildman–Crippen LogP) is 2.63. The van der Waals surface area contributed by atoms with Crippen molar-refractivity contribution in [2.75, 3.05) is 0 Å². The van der Waals surface area contributed by atoms with Crippen molar-refractivity contribution in [1.29, 1.82) is 0 Å². The summed E-state index contributed by atoms with van der Waals surface area (Å²) >= 11 is 0. The van der Waals surface area contributed by atoms with Crippen LogP contribution in [0.15, 0.2) is 12.2 Å². The summed E-state index contributed by atoms with van der Waals surface area (Å²) in [5.41, 5.74) is 1.07. The fraction of sp³-hybridized carbons (Fsp3) is 0.500. The molecule has 0 nitrogen and oxygen atoms in total. The average molecular weight is 110 g/mol. The van der Waals surface area contributed by atoms with Crippen LogP contribution in [0.5, 0.6) is 0 Å². The molecule has 0 fully saturated rings. The van der Waals surface area contributed by atoms with Crippen molar-refractivity contribution >= 4 is 0 Å². The molecular weight excluding hydrogens is 96.1 g/mol. The first-order chi connectivity index (χ1) is 3.42. The lowest BCUT2D eigenvalue weighted by Crippen LogP contribution is -2.05. The second-order valence-corrected chi connectivity index (χ2v) is 2.94. The third-order valence-corrected chi connectivity index (χ3v) is 0.729. The maximum Gasteiger partial charge on any atom is 0.231 e. The van der Waals surface area contributed by atoms with Gasteiger partial charge in [0.1, 0.15) is 13.8 Å². The molecule has 0 amide bonds. The monoisotopic (exact) mass is 110 g/mol. The van der Waals surface area contributed by atoms with Crippen molar-refractivity contribution in [2.45, 2.75) is 20.3 Å². The molecule has 0 aromatic rings. The zero-order valence-corrected chi connectivity index (χ0v) is 5.83. The van der Waals surface area contributed by atoms with Crippen LogP contribution in [0.3, 0.4) is 0 Å². The van der Waals surface area contributed by atoms with E-state index < -0.39 is 0 Å². The molecule has 0 heteroatoms. The average Bonchev–Trinajstić information content (AvgIpc) is 1.21. The van der Waals surface area contributed by atoms with Gasteiger partial charge in [-0.2, -0.15) is 0 Å². The van der Waals surface area contributed by atoms with E-state index in [9.17, 15) is 0 Å². The van der Waals surface area contributed by atoms with Gasteiger partial charge in [0.25, 0.3) is 0 Å². The van der Waals surface area contributed by atoms with Crippen LogP contribution in [-0.2, 0) is 0 Å². The standard InChI is InChI=1S/C8H14/c1-7(2)6-8(3,4)5/h1,3-4,6H2,2,5H3/q+2. The van der Waals surface area contributed by atoms with E-state index in [2.05, 4.69) is 20.4 Å². The number of allylic oxidation sites excluding steroid dienone is 1. The first-order valence-corrected chi connectivity index (χ1v) is 2.77. The van der Waals surface area contributed by atoms with Gasteiger partial charge in [0.05, 0.1) is 6.42 Å². The molecule has 0 saturated heterocycles.